The number of rotatable bonds is 11. The van der Waals surface area contributed by atoms with Crippen LogP contribution < -0.4 is 0 Å². The fourth-order valence-corrected chi connectivity index (χ4v) is 8.43. The van der Waals surface area contributed by atoms with Gasteiger partial charge in [-0.15, -0.1) is 10.1 Å². The normalized spacial score (nSPS) is 15.9. The van der Waals surface area contributed by atoms with Crippen molar-refractivity contribution < 1.29 is 52.8 Å². The van der Waals surface area contributed by atoms with Crippen molar-refractivity contribution in [1.82, 2.24) is 0 Å². The third-order valence-corrected chi connectivity index (χ3v) is 10.8. The van der Waals surface area contributed by atoms with Gasteiger partial charge in [-0.1, -0.05) is 30.3 Å². The maximum Gasteiger partial charge on any atom is 0.529 e. The quantitative estimate of drug-likeness (QED) is 0.184. The highest BCUT2D eigenvalue weighted by atomic mass is 32.3. The van der Waals surface area contributed by atoms with Crippen LogP contribution >= 0.6 is 27.4 Å². The lowest BCUT2D eigenvalue weighted by Gasteiger charge is -2.17. The average molecular weight is 548 g/mol. The first-order chi connectivity index (χ1) is 14.7. The Morgan fingerprint density at radius 3 is 2.31 bits per heavy atom. The van der Waals surface area contributed by atoms with Gasteiger partial charge < -0.3 is 4.89 Å². The summed E-state index contributed by atoms with van der Waals surface area (Å²) in [5.74, 6) is 0. The van der Waals surface area contributed by atoms with Gasteiger partial charge in [-0.25, -0.2) is 9.13 Å². The molecule has 20 heteroatoms. The minimum Gasteiger partial charge on any atom is -0.301 e. The summed E-state index contributed by atoms with van der Waals surface area (Å²) in [4.78, 5) is 19.5. The Hall–Kier alpha value is -2.06. The molecule has 32 heavy (non-hydrogen) atoms. The smallest absolute Gasteiger partial charge is 0.301 e. The van der Waals surface area contributed by atoms with Crippen LogP contribution in [0.15, 0.2) is 47.4 Å². The summed E-state index contributed by atoms with van der Waals surface area (Å²) in [7, 11) is -22.3. The van der Waals surface area contributed by atoms with E-state index < -0.39 is 50.9 Å². The van der Waals surface area contributed by atoms with Gasteiger partial charge in [0.1, 0.15) is 10.5 Å². The number of benzene rings is 2. The van der Waals surface area contributed by atoms with E-state index in [4.69, 9.17) is 5.26 Å². The van der Waals surface area contributed by atoms with Crippen LogP contribution in [0.5, 0.6) is 0 Å². The summed E-state index contributed by atoms with van der Waals surface area (Å²) in [5, 5.41) is 18.0. The molecular weight excluding hydrogens is 538 g/mol. The number of nitrogens with zero attached hydrogens (tertiary/aromatic N) is 2. The average Bonchev–Trinajstić information content (AvgIpc) is 2.63. The molecule has 0 heterocycles. The first-order valence-corrected chi connectivity index (χ1v) is 14.5. The fraction of sp³-hybridized carbons (Fsp3) is 0.0833. The van der Waals surface area contributed by atoms with Gasteiger partial charge in [-0.2, -0.15) is 39.0 Å². The van der Waals surface area contributed by atoms with Crippen LogP contribution in [0.4, 0.5) is 0 Å². The van der Waals surface area contributed by atoms with Gasteiger partial charge in [0.25, 0.3) is 10.1 Å². The molecule has 0 saturated carbocycles. The van der Waals surface area contributed by atoms with Gasteiger partial charge in [0.2, 0.25) is 0 Å². The van der Waals surface area contributed by atoms with Crippen LogP contribution in [0.2, 0.25) is 0 Å². The zero-order valence-corrected chi connectivity index (χ0v) is 19.3. The molecule has 15 nitrogen and oxygen atoms in total. The summed E-state index contributed by atoms with van der Waals surface area (Å²) in [6.07, 6.45) is 0. The third kappa shape index (κ3) is 7.52. The molecule has 0 saturated heterocycles. The Bertz CT molecular complexity index is 1390. The maximum atomic E-state index is 12.3. The van der Waals surface area contributed by atoms with E-state index in [2.05, 4.69) is 16.9 Å². The van der Waals surface area contributed by atoms with Gasteiger partial charge in [0, 0.05) is 0 Å². The second kappa shape index (κ2) is 9.83. The third-order valence-electron chi connectivity index (χ3n) is 3.04. The maximum absolute atomic E-state index is 12.3. The molecule has 0 radical (unpaired) electrons. The van der Waals surface area contributed by atoms with E-state index in [1.807, 2.05) is 0 Å². The minimum absolute atomic E-state index is 0.0326. The lowest BCUT2D eigenvalue weighted by Crippen LogP contribution is -2.13. The van der Waals surface area contributed by atoms with Crippen LogP contribution in [0, 0.1) is 20.8 Å². The van der Waals surface area contributed by atoms with Crippen molar-refractivity contribution in [2.45, 2.75) is 4.90 Å². The number of hydrogen-bond donors (Lipinski definition) is 1. The van der Waals surface area contributed by atoms with Gasteiger partial charge in [0.05, 0.1) is 4.90 Å². The minimum atomic E-state index is -6.09. The number of thiocyanates is 1. The van der Waals surface area contributed by atoms with Crippen molar-refractivity contribution >= 4 is 58.4 Å². The molecule has 0 aliphatic rings. The van der Waals surface area contributed by atoms with Crippen molar-refractivity contribution in [1.29, 1.82) is 5.26 Å². The molecule has 174 valence electrons. The molecule has 2 aromatic carbocycles. The summed E-state index contributed by atoms with van der Waals surface area (Å²) in [5.41, 5.74) is 0. The molecule has 0 aliphatic carbocycles. The van der Waals surface area contributed by atoms with E-state index in [1.165, 1.54) is 17.5 Å². The molecule has 0 aromatic heterocycles. The Labute approximate surface area is 184 Å². The first kappa shape index (κ1) is 26.2. The molecule has 2 unspecified atom stereocenters. The van der Waals surface area contributed by atoms with Crippen LogP contribution in [0.25, 0.3) is 10.8 Å². The molecule has 2 aromatic rings. The lowest BCUT2D eigenvalue weighted by molar-refractivity contribution is -0.717. The molecule has 1 N–H and O–H groups in total. The molecule has 0 fully saturated rings. The molecule has 0 bridgehead atoms. The zero-order chi connectivity index (χ0) is 24.2. The van der Waals surface area contributed by atoms with E-state index >= 15 is 0 Å². The number of phosphoric acid groups is 2. The molecule has 0 spiro atoms. The summed E-state index contributed by atoms with van der Waals surface area (Å²) >= 11 is 0.0326. The fourth-order valence-electron chi connectivity index (χ4n) is 2.01. The monoisotopic (exact) mass is 548 g/mol. The number of thioether (sulfide) groups is 1. The van der Waals surface area contributed by atoms with Crippen molar-refractivity contribution in [3.05, 3.63) is 52.6 Å². The highest BCUT2D eigenvalue weighted by molar-refractivity contribution is 8.14. The standard InChI is InChI=1S/C12H10N2O13P2S3/c13-8-30-9-31(20,21)27-29(19,24-14(15)16)25-28(17,18)26-32(22,23)12-6-5-10-3-1-2-4-11(10)7-12/h1-7H,9H2,(H,17,18). The van der Waals surface area contributed by atoms with Crippen LogP contribution in [0.1, 0.15) is 0 Å². The Kier molecular flexibility index (Phi) is 8.05. The Morgan fingerprint density at radius 1 is 1.09 bits per heavy atom. The molecule has 2 rings (SSSR count). The van der Waals surface area contributed by atoms with E-state index in [0.29, 0.717) is 10.8 Å². The lowest BCUT2D eigenvalue weighted by atomic mass is 10.1. The van der Waals surface area contributed by atoms with E-state index in [0.717, 1.165) is 12.1 Å². The Morgan fingerprint density at radius 2 is 1.72 bits per heavy atom. The van der Waals surface area contributed by atoms with Crippen molar-refractivity contribution in [3.63, 3.8) is 0 Å². The van der Waals surface area contributed by atoms with Gasteiger partial charge in [-0.05, 0) is 34.7 Å². The van der Waals surface area contributed by atoms with Gasteiger partial charge in [0.15, 0.2) is 0 Å². The molecule has 0 aliphatic heterocycles. The SMILES string of the molecule is N#CSCS(=O)(=O)OP(=O)(O[N+](=O)[O-])OP(=O)(O)OS(=O)(=O)c1ccc2ccccc2c1. The molecule has 0 amide bonds. The molecule has 2 atom stereocenters. The van der Waals surface area contributed by atoms with Gasteiger partial charge in [-0.3, -0.25) is 0 Å². The topological polar surface area (TPSA) is 226 Å². The predicted molar refractivity (Wildman–Crippen MR) is 107 cm³/mol. The van der Waals surface area contributed by atoms with Gasteiger partial charge >= 0.3 is 30.9 Å². The first-order valence-electron chi connectivity index (χ1n) is 7.55. The van der Waals surface area contributed by atoms with E-state index in [-0.39, 0.29) is 11.8 Å². The van der Waals surface area contributed by atoms with Crippen LogP contribution in [0.3, 0.4) is 0 Å². The van der Waals surface area contributed by atoms with Crippen LogP contribution in [-0.2, 0) is 46.2 Å². The number of fused-ring (bicyclic) bond motifs is 1. The second-order valence-corrected chi connectivity index (χ2v) is 13.1. The van der Waals surface area contributed by atoms with E-state index in [9.17, 15) is 41.0 Å². The summed E-state index contributed by atoms with van der Waals surface area (Å²) in [6.45, 7) is 0. The van der Waals surface area contributed by atoms with E-state index in [1.54, 1.807) is 18.2 Å². The molecular formula is C12H10N2O13P2S3. The Balaban J connectivity index is 2.32. The number of nitriles is 1. The van der Waals surface area contributed by atoms with Crippen molar-refractivity contribution in [2.24, 2.45) is 0 Å². The number of hydrogen-bond acceptors (Lipinski definition) is 14. The summed E-state index contributed by atoms with van der Waals surface area (Å²) in [6, 6.07) is 9.77. The van der Waals surface area contributed by atoms with Crippen molar-refractivity contribution in [3.8, 4) is 5.40 Å². The van der Waals surface area contributed by atoms with Crippen molar-refractivity contribution in [2.75, 3.05) is 5.08 Å². The highest BCUT2D eigenvalue weighted by Crippen LogP contribution is 2.65. The largest absolute Gasteiger partial charge is 0.529 e. The zero-order valence-electron chi connectivity index (χ0n) is 15.1. The summed E-state index contributed by atoms with van der Waals surface area (Å²) < 4.78 is 87.3. The highest BCUT2D eigenvalue weighted by Gasteiger charge is 2.47. The van der Waals surface area contributed by atoms with Crippen LogP contribution in [-0.4, -0.2) is 31.9 Å². The second-order valence-electron chi connectivity index (χ2n) is 5.33. The predicted octanol–water partition coefficient (Wildman–Crippen LogP) is 2.50.